The zero-order valence-corrected chi connectivity index (χ0v) is 13.4. The molecule has 1 aromatic carbocycles. The number of alkyl halides is 2. The molecule has 1 aliphatic rings. The van der Waals surface area contributed by atoms with Crippen LogP contribution in [0.15, 0.2) is 18.2 Å². The molecule has 1 saturated carbocycles. The van der Waals surface area contributed by atoms with Crippen LogP contribution in [0.5, 0.6) is 0 Å². The van der Waals surface area contributed by atoms with Crippen molar-refractivity contribution in [1.82, 2.24) is 5.32 Å². The first-order chi connectivity index (χ1) is 10.5. The summed E-state index contributed by atoms with van der Waals surface area (Å²) in [5, 5.41) is 3.28. The first-order valence-electron chi connectivity index (χ1n) is 7.57. The summed E-state index contributed by atoms with van der Waals surface area (Å²) >= 11 is 6.15. The smallest absolute Gasteiger partial charge is 0.255 e. The van der Waals surface area contributed by atoms with Crippen molar-refractivity contribution in [2.75, 3.05) is 18.5 Å². The number of benzene rings is 1. The van der Waals surface area contributed by atoms with Crippen LogP contribution in [0.3, 0.4) is 0 Å². The summed E-state index contributed by atoms with van der Waals surface area (Å²) in [4.78, 5) is 13.7. The SMILES string of the molecule is CN(CC(F)F)c1ccc(C(=O)NC2CCCCC2)c(Cl)c1. The Morgan fingerprint density at radius 3 is 2.64 bits per heavy atom. The lowest BCUT2D eigenvalue weighted by Gasteiger charge is -2.23. The summed E-state index contributed by atoms with van der Waals surface area (Å²) in [5.74, 6) is -0.194. The Balaban J connectivity index is 2.03. The molecule has 0 aromatic heterocycles. The van der Waals surface area contributed by atoms with Gasteiger partial charge in [0.2, 0.25) is 0 Å². The molecule has 0 atom stereocenters. The summed E-state index contributed by atoms with van der Waals surface area (Å²) in [6.07, 6.45) is 3.07. The van der Waals surface area contributed by atoms with E-state index in [0.717, 1.165) is 25.7 Å². The fourth-order valence-electron chi connectivity index (χ4n) is 2.75. The van der Waals surface area contributed by atoms with Crippen LogP contribution in [0, 0.1) is 0 Å². The second kappa shape index (κ2) is 7.77. The minimum Gasteiger partial charge on any atom is -0.369 e. The van der Waals surface area contributed by atoms with E-state index in [1.54, 1.807) is 25.2 Å². The quantitative estimate of drug-likeness (QED) is 0.881. The van der Waals surface area contributed by atoms with Crippen molar-refractivity contribution in [3.05, 3.63) is 28.8 Å². The largest absolute Gasteiger partial charge is 0.369 e. The van der Waals surface area contributed by atoms with Crippen molar-refractivity contribution < 1.29 is 13.6 Å². The standard InChI is InChI=1S/C16H21ClF2N2O/c1-21(10-15(18)19)12-7-8-13(14(17)9-12)16(22)20-11-5-3-2-4-6-11/h7-9,11,15H,2-6,10H2,1H3,(H,20,22). The summed E-state index contributed by atoms with van der Waals surface area (Å²) in [5.41, 5.74) is 0.959. The molecule has 0 heterocycles. The number of rotatable bonds is 5. The van der Waals surface area contributed by atoms with E-state index in [-0.39, 0.29) is 23.5 Å². The van der Waals surface area contributed by atoms with Crippen LogP contribution in [0.25, 0.3) is 0 Å². The molecule has 1 N–H and O–H groups in total. The lowest BCUT2D eigenvalue weighted by Crippen LogP contribution is -2.36. The molecule has 3 nitrogen and oxygen atoms in total. The van der Waals surface area contributed by atoms with Gasteiger partial charge in [-0.3, -0.25) is 4.79 Å². The highest BCUT2D eigenvalue weighted by molar-refractivity contribution is 6.34. The maximum atomic E-state index is 12.4. The van der Waals surface area contributed by atoms with Gasteiger partial charge in [0.1, 0.15) is 0 Å². The maximum Gasteiger partial charge on any atom is 0.255 e. The number of carbonyl (C=O) groups excluding carboxylic acids is 1. The van der Waals surface area contributed by atoms with Crippen LogP contribution in [-0.2, 0) is 0 Å². The Morgan fingerprint density at radius 2 is 2.05 bits per heavy atom. The average Bonchev–Trinajstić information content (AvgIpc) is 2.47. The van der Waals surface area contributed by atoms with Crippen LogP contribution >= 0.6 is 11.6 Å². The van der Waals surface area contributed by atoms with E-state index < -0.39 is 6.43 Å². The lowest BCUT2D eigenvalue weighted by atomic mass is 9.95. The Labute approximate surface area is 134 Å². The zero-order valence-electron chi connectivity index (χ0n) is 12.6. The fourth-order valence-corrected chi connectivity index (χ4v) is 3.01. The van der Waals surface area contributed by atoms with Gasteiger partial charge in [-0.1, -0.05) is 30.9 Å². The van der Waals surface area contributed by atoms with Crippen molar-refractivity contribution in [3.8, 4) is 0 Å². The topological polar surface area (TPSA) is 32.3 Å². The van der Waals surface area contributed by atoms with Crippen LogP contribution < -0.4 is 10.2 Å². The van der Waals surface area contributed by atoms with E-state index in [4.69, 9.17) is 11.6 Å². The third-order valence-electron chi connectivity index (χ3n) is 3.99. The molecule has 0 aliphatic heterocycles. The van der Waals surface area contributed by atoms with Crippen LogP contribution in [-0.4, -0.2) is 32.0 Å². The van der Waals surface area contributed by atoms with Crippen molar-refractivity contribution >= 4 is 23.2 Å². The molecule has 0 bridgehead atoms. The summed E-state index contributed by atoms with van der Waals surface area (Å²) in [6, 6.07) is 5.00. The number of halogens is 3. The second-order valence-corrected chi connectivity index (χ2v) is 6.15. The molecule has 122 valence electrons. The molecule has 1 aromatic rings. The number of anilines is 1. The Bertz CT molecular complexity index is 519. The van der Waals surface area contributed by atoms with E-state index in [9.17, 15) is 13.6 Å². The molecule has 1 aliphatic carbocycles. The molecule has 1 amide bonds. The van der Waals surface area contributed by atoms with Gasteiger partial charge in [-0.2, -0.15) is 0 Å². The van der Waals surface area contributed by atoms with Crippen LogP contribution in [0.1, 0.15) is 42.5 Å². The fraction of sp³-hybridized carbons (Fsp3) is 0.562. The van der Waals surface area contributed by atoms with Gasteiger partial charge in [0.15, 0.2) is 0 Å². The van der Waals surface area contributed by atoms with Crippen molar-refractivity contribution in [2.45, 2.75) is 44.6 Å². The van der Waals surface area contributed by atoms with E-state index in [0.29, 0.717) is 11.3 Å². The number of carbonyl (C=O) groups is 1. The molecule has 0 spiro atoms. The summed E-state index contributed by atoms with van der Waals surface area (Å²) < 4.78 is 24.8. The first kappa shape index (κ1) is 17.0. The van der Waals surface area contributed by atoms with Gasteiger partial charge >= 0.3 is 0 Å². The van der Waals surface area contributed by atoms with Crippen molar-refractivity contribution in [3.63, 3.8) is 0 Å². The zero-order chi connectivity index (χ0) is 16.1. The van der Waals surface area contributed by atoms with E-state index in [1.807, 2.05) is 0 Å². The van der Waals surface area contributed by atoms with Crippen LogP contribution in [0.2, 0.25) is 5.02 Å². The highest BCUT2D eigenvalue weighted by atomic mass is 35.5. The minimum atomic E-state index is -2.42. The molecule has 6 heteroatoms. The van der Waals surface area contributed by atoms with E-state index >= 15 is 0 Å². The van der Waals surface area contributed by atoms with Gasteiger partial charge in [0.05, 0.1) is 17.1 Å². The Hall–Kier alpha value is -1.36. The Morgan fingerprint density at radius 1 is 1.36 bits per heavy atom. The van der Waals surface area contributed by atoms with Gasteiger partial charge < -0.3 is 10.2 Å². The third-order valence-corrected chi connectivity index (χ3v) is 4.30. The van der Waals surface area contributed by atoms with Gasteiger partial charge in [-0.15, -0.1) is 0 Å². The molecular weight excluding hydrogens is 310 g/mol. The third kappa shape index (κ3) is 4.57. The number of amides is 1. The highest BCUT2D eigenvalue weighted by Gasteiger charge is 2.19. The molecular formula is C16H21ClF2N2O. The first-order valence-corrected chi connectivity index (χ1v) is 7.95. The average molecular weight is 331 g/mol. The molecule has 22 heavy (non-hydrogen) atoms. The summed E-state index contributed by atoms with van der Waals surface area (Å²) in [7, 11) is 1.57. The van der Waals surface area contributed by atoms with E-state index in [2.05, 4.69) is 5.32 Å². The number of hydrogen-bond acceptors (Lipinski definition) is 2. The van der Waals surface area contributed by atoms with Gasteiger partial charge in [-0.05, 0) is 31.0 Å². The van der Waals surface area contributed by atoms with E-state index in [1.165, 1.54) is 11.3 Å². The van der Waals surface area contributed by atoms with Crippen molar-refractivity contribution in [2.24, 2.45) is 0 Å². The number of nitrogens with one attached hydrogen (secondary N) is 1. The van der Waals surface area contributed by atoms with Gasteiger partial charge in [-0.25, -0.2) is 8.78 Å². The normalized spacial score (nSPS) is 15.9. The molecule has 1 fully saturated rings. The molecule has 0 saturated heterocycles. The molecule has 0 unspecified atom stereocenters. The predicted octanol–water partition coefficient (Wildman–Crippen LogP) is 4.10. The summed E-state index contributed by atoms with van der Waals surface area (Å²) in [6.45, 7) is -0.371. The minimum absolute atomic E-state index is 0.194. The Kier molecular flexibility index (Phi) is 6.00. The van der Waals surface area contributed by atoms with Crippen LogP contribution in [0.4, 0.5) is 14.5 Å². The lowest BCUT2D eigenvalue weighted by molar-refractivity contribution is 0.0928. The molecule has 0 radical (unpaired) electrons. The van der Waals surface area contributed by atoms with Gasteiger partial charge in [0.25, 0.3) is 12.3 Å². The number of hydrogen-bond donors (Lipinski definition) is 1. The molecule has 2 rings (SSSR count). The monoisotopic (exact) mass is 330 g/mol. The maximum absolute atomic E-state index is 12.4. The van der Waals surface area contributed by atoms with Crippen molar-refractivity contribution in [1.29, 1.82) is 0 Å². The highest BCUT2D eigenvalue weighted by Crippen LogP contribution is 2.24. The van der Waals surface area contributed by atoms with Gasteiger partial charge in [0, 0.05) is 18.8 Å². The second-order valence-electron chi connectivity index (χ2n) is 5.74. The number of nitrogens with zero attached hydrogens (tertiary/aromatic N) is 1. The predicted molar refractivity (Wildman–Crippen MR) is 85.1 cm³/mol.